The van der Waals surface area contributed by atoms with Crippen molar-refractivity contribution in [1.82, 2.24) is 19.8 Å². The molecule has 5 heteroatoms. The molecule has 4 nitrogen and oxygen atoms in total. The number of rotatable bonds is 3. The Balaban J connectivity index is 2.52. The molecule has 0 bridgehead atoms. The van der Waals surface area contributed by atoms with E-state index in [1.54, 1.807) is 6.20 Å². The molecule has 1 heterocycles. The van der Waals surface area contributed by atoms with E-state index in [1.807, 2.05) is 36.7 Å². The molecule has 14 heavy (non-hydrogen) atoms. The molecule has 78 valence electrons. The lowest BCUT2D eigenvalue weighted by Crippen LogP contribution is -2.36. The van der Waals surface area contributed by atoms with Gasteiger partial charge in [-0.2, -0.15) is 0 Å². The van der Waals surface area contributed by atoms with Gasteiger partial charge < -0.3 is 14.8 Å². The van der Waals surface area contributed by atoms with E-state index >= 15 is 0 Å². The van der Waals surface area contributed by atoms with Crippen LogP contribution in [0.15, 0.2) is 12.4 Å². The van der Waals surface area contributed by atoms with Gasteiger partial charge in [-0.15, -0.1) is 0 Å². The van der Waals surface area contributed by atoms with Crippen LogP contribution in [0.25, 0.3) is 0 Å². The molecule has 1 N–H and O–H groups in total. The summed E-state index contributed by atoms with van der Waals surface area (Å²) in [6.45, 7) is 3.61. The maximum Gasteiger partial charge on any atom is 0.169 e. The maximum atomic E-state index is 5.17. The average Bonchev–Trinajstić information content (AvgIpc) is 2.52. The minimum atomic E-state index is 0.731. The summed E-state index contributed by atoms with van der Waals surface area (Å²) < 4.78 is 1.99. The predicted octanol–water partition coefficient (Wildman–Crippen LogP) is 0.746. The number of nitrogens with zero attached hydrogens (tertiary/aromatic N) is 3. The molecule has 0 spiro atoms. The first-order valence-corrected chi connectivity index (χ1v) is 5.01. The van der Waals surface area contributed by atoms with Crippen molar-refractivity contribution < 1.29 is 0 Å². The summed E-state index contributed by atoms with van der Waals surface area (Å²) in [5.41, 5.74) is 0. The number of nitrogens with one attached hydrogen (secondary N) is 1. The maximum absolute atomic E-state index is 5.17. The van der Waals surface area contributed by atoms with Gasteiger partial charge in [0.15, 0.2) is 5.11 Å². The van der Waals surface area contributed by atoms with Crippen molar-refractivity contribution in [2.24, 2.45) is 7.05 Å². The van der Waals surface area contributed by atoms with Crippen molar-refractivity contribution in [1.29, 1.82) is 0 Å². The SMILES string of the molecule is CCNC(=S)N(C)Cc1nccn1C. The minimum absolute atomic E-state index is 0.731. The van der Waals surface area contributed by atoms with Crippen molar-refractivity contribution in [2.45, 2.75) is 13.5 Å². The van der Waals surface area contributed by atoms with E-state index in [0.717, 1.165) is 24.0 Å². The summed E-state index contributed by atoms with van der Waals surface area (Å²) >= 11 is 5.17. The zero-order chi connectivity index (χ0) is 10.6. The molecule has 0 aromatic carbocycles. The molecule has 0 saturated heterocycles. The standard InChI is InChI=1S/C9H16N4S/c1-4-10-9(14)13(3)7-8-11-5-6-12(8)2/h5-6H,4,7H2,1-3H3,(H,10,14). The van der Waals surface area contributed by atoms with E-state index in [2.05, 4.69) is 10.3 Å². The van der Waals surface area contributed by atoms with Crippen LogP contribution in [0.1, 0.15) is 12.7 Å². The van der Waals surface area contributed by atoms with E-state index in [0.29, 0.717) is 0 Å². The van der Waals surface area contributed by atoms with Crippen LogP contribution in [0, 0.1) is 0 Å². The van der Waals surface area contributed by atoms with Gasteiger partial charge in [-0.1, -0.05) is 0 Å². The van der Waals surface area contributed by atoms with E-state index in [-0.39, 0.29) is 0 Å². The highest BCUT2D eigenvalue weighted by Gasteiger charge is 2.06. The number of aromatic nitrogens is 2. The van der Waals surface area contributed by atoms with Gasteiger partial charge in [-0.05, 0) is 19.1 Å². The number of hydrogen-bond acceptors (Lipinski definition) is 2. The monoisotopic (exact) mass is 212 g/mol. The Morgan fingerprint density at radius 1 is 1.71 bits per heavy atom. The molecule has 0 aliphatic heterocycles. The quantitative estimate of drug-likeness (QED) is 0.749. The van der Waals surface area contributed by atoms with Gasteiger partial charge in [0.2, 0.25) is 0 Å². The highest BCUT2D eigenvalue weighted by molar-refractivity contribution is 7.80. The molecular formula is C9H16N4S. The van der Waals surface area contributed by atoms with Gasteiger partial charge in [0, 0.05) is 33.0 Å². The van der Waals surface area contributed by atoms with Crippen molar-refractivity contribution in [3.63, 3.8) is 0 Å². The molecule has 0 aliphatic carbocycles. The van der Waals surface area contributed by atoms with E-state index < -0.39 is 0 Å². The normalized spacial score (nSPS) is 9.93. The molecule has 0 unspecified atom stereocenters. The summed E-state index contributed by atoms with van der Waals surface area (Å²) in [7, 11) is 3.94. The smallest absolute Gasteiger partial charge is 0.169 e. The van der Waals surface area contributed by atoms with Gasteiger partial charge in [0.1, 0.15) is 5.82 Å². The average molecular weight is 212 g/mol. The Bertz CT molecular complexity index is 308. The summed E-state index contributed by atoms with van der Waals surface area (Å²) in [5.74, 6) is 1.01. The van der Waals surface area contributed by atoms with Crippen LogP contribution in [0.3, 0.4) is 0 Å². The lowest BCUT2D eigenvalue weighted by molar-refractivity contribution is 0.466. The summed E-state index contributed by atoms with van der Waals surface area (Å²) in [4.78, 5) is 6.21. The molecule has 1 aromatic rings. The topological polar surface area (TPSA) is 33.1 Å². The second kappa shape index (κ2) is 4.95. The first kappa shape index (κ1) is 11.0. The second-order valence-corrected chi connectivity index (χ2v) is 3.53. The lowest BCUT2D eigenvalue weighted by Gasteiger charge is -2.19. The molecule has 1 aromatic heterocycles. The van der Waals surface area contributed by atoms with Gasteiger partial charge >= 0.3 is 0 Å². The van der Waals surface area contributed by atoms with Crippen molar-refractivity contribution in [3.05, 3.63) is 18.2 Å². The number of hydrogen-bond donors (Lipinski definition) is 1. The summed E-state index contributed by atoms with van der Waals surface area (Å²) in [5, 5.41) is 3.86. The van der Waals surface area contributed by atoms with Gasteiger partial charge in [0.05, 0.1) is 6.54 Å². The summed E-state index contributed by atoms with van der Waals surface area (Å²) in [6.07, 6.45) is 3.72. The van der Waals surface area contributed by atoms with Crippen molar-refractivity contribution in [2.75, 3.05) is 13.6 Å². The summed E-state index contributed by atoms with van der Waals surface area (Å²) in [6, 6.07) is 0. The van der Waals surface area contributed by atoms with Crippen LogP contribution in [0.2, 0.25) is 0 Å². The van der Waals surface area contributed by atoms with Crippen molar-refractivity contribution >= 4 is 17.3 Å². The second-order valence-electron chi connectivity index (χ2n) is 3.15. The van der Waals surface area contributed by atoms with E-state index in [4.69, 9.17) is 12.2 Å². The molecule has 0 radical (unpaired) electrons. The minimum Gasteiger partial charge on any atom is -0.363 e. The molecule has 0 fully saturated rings. The third kappa shape index (κ3) is 2.70. The Hall–Kier alpha value is -1.10. The Morgan fingerprint density at radius 3 is 2.93 bits per heavy atom. The Morgan fingerprint density at radius 2 is 2.43 bits per heavy atom. The third-order valence-corrected chi connectivity index (χ3v) is 2.43. The molecule has 0 saturated carbocycles. The zero-order valence-corrected chi connectivity index (χ0v) is 9.64. The fourth-order valence-electron chi connectivity index (χ4n) is 1.12. The van der Waals surface area contributed by atoms with Gasteiger partial charge in [0.25, 0.3) is 0 Å². The lowest BCUT2D eigenvalue weighted by atomic mass is 10.5. The van der Waals surface area contributed by atoms with E-state index in [9.17, 15) is 0 Å². The molecule has 1 rings (SSSR count). The number of thiocarbonyl (C=S) groups is 1. The van der Waals surface area contributed by atoms with Crippen LogP contribution in [-0.2, 0) is 13.6 Å². The van der Waals surface area contributed by atoms with E-state index in [1.165, 1.54) is 0 Å². The molecule has 0 amide bonds. The fraction of sp³-hybridized carbons (Fsp3) is 0.556. The molecular weight excluding hydrogens is 196 g/mol. The third-order valence-electron chi connectivity index (χ3n) is 1.97. The van der Waals surface area contributed by atoms with Crippen LogP contribution in [0.5, 0.6) is 0 Å². The zero-order valence-electron chi connectivity index (χ0n) is 8.82. The van der Waals surface area contributed by atoms with Gasteiger partial charge in [-0.25, -0.2) is 4.98 Å². The van der Waals surface area contributed by atoms with Crippen LogP contribution < -0.4 is 5.32 Å². The van der Waals surface area contributed by atoms with Crippen LogP contribution in [0.4, 0.5) is 0 Å². The Kier molecular flexibility index (Phi) is 3.88. The first-order valence-electron chi connectivity index (χ1n) is 4.60. The highest BCUT2D eigenvalue weighted by atomic mass is 32.1. The van der Waals surface area contributed by atoms with Crippen LogP contribution in [-0.4, -0.2) is 33.2 Å². The van der Waals surface area contributed by atoms with Crippen molar-refractivity contribution in [3.8, 4) is 0 Å². The number of imidazole rings is 1. The predicted molar refractivity (Wildman–Crippen MR) is 60.9 cm³/mol. The first-order chi connectivity index (χ1) is 6.65. The van der Waals surface area contributed by atoms with Crippen LogP contribution >= 0.6 is 12.2 Å². The largest absolute Gasteiger partial charge is 0.363 e. The fourth-order valence-corrected chi connectivity index (χ4v) is 1.33. The van der Waals surface area contributed by atoms with Gasteiger partial charge in [-0.3, -0.25) is 0 Å². The Labute approximate surface area is 89.9 Å². The molecule has 0 aliphatic rings. The highest BCUT2D eigenvalue weighted by Crippen LogP contribution is 1.99. The number of aryl methyl sites for hydroxylation is 1. The molecule has 0 atom stereocenters.